The van der Waals surface area contributed by atoms with E-state index in [9.17, 15) is 9.59 Å². The Hall–Kier alpha value is -2.90. The Kier molecular flexibility index (Phi) is 8.08. The van der Waals surface area contributed by atoms with Gasteiger partial charge in [0.2, 0.25) is 5.91 Å². The maximum Gasteiger partial charge on any atom is 0.257 e. The van der Waals surface area contributed by atoms with Crippen LogP contribution in [0.5, 0.6) is 5.75 Å². The molecule has 1 aliphatic carbocycles. The molecule has 7 nitrogen and oxygen atoms in total. The summed E-state index contributed by atoms with van der Waals surface area (Å²) in [6, 6.07) is 15.9. The number of nitrogens with one attached hydrogen (secondary N) is 1. The van der Waals surface area contributed by atoms with Crippen LogP contribution in [0, 0.1) is 11.8 Å². The Morgan fingerprint density at radius 1 is 1.11 bits per heavy atom. The minimum Gasteiger partial charge on any atom is -0.491 e. The molecule has 2 aliphatic rings. The number of amides is 2. The number of likely N-dealkylation sites (N-methyl/N-ethyl adjacent to an activating group) is 1. The van der Waals surface area contributed by atoms with Gasteiger partial charge in [-0.1, -0.05) is 37.3 Å². The number of anilines is 1. The summed E-state index contributed by atoms with van der Waals surface area (Å²) in [5, 5.41) is 2.95. The summed E-state index contributed by atoms with van der Waals surface area (Å²) < 4.78 is 12.1. The second-order valence-corrected chi connectivity index (χ2v) is 9.99. The van der Waals surface area contributed by atoms with Crippen molar-refractivity contribution in [1.29, 1.82) is 0 Å². The fourth-order valence-corrected chi connectivity index (χ4v) is 4.56. The Bertz CT molecular complexity index is 1020. The lowest BCUT2D eigenvalue weighted by atomic mass is 10.0. The van der Waals surface area contributed by atoms with E-state index in [0.717, 1.165) is 25.9 Å². The van der Waals surface area contributed by atoms with E-state index in [1.807, 2.05) is 12.1 Å². The number of carbonyl (C=O) groups is 2. The van der Waals surface area contributed by atoms with Gasteiger partial charge in [-0.05, 0) is 49.4 Å². The van der Waals surface area contributed by atoms with E-state index in [1.54, 1.807) is 31.2 Å². The smallest absolute Gasteiger partial charge is 0.257 e. The summed E-state index contributed by atoms with van der Waals surface area (Å²) in [5.74, 6) is 0.681. The summed E-state index contributed by atoms with van der Waals surface area (Å²) in [5.41, 5.74) is 2.32. The lowest BCUT2D eigenvalue weighted by molar-refractivity contribution is -0.117. The van der Waals surface area contributed by atoms with Crippen molar-refractivity contribution in [3.05, 3.63) is 59.7 Å². The van der Waals surface area contributed by atoms with Crippen LogP contribution in [0.1, 0.15) is 42.6 Å². The van der Waals surface area contributed by atoms with Crippen molar-refractivity contribution in [2.24, 2.45) is 11.8 Å². The molecule has 1 N–H and O–H groups in total. The van der Waals surface area contributed by atoms with E-state index in [2.05, 4.69) is 48.3 Å². The zero-order chi connectivity index (χ0) is 24.9. The normalized spacial score (nSPS) is 24.1. The maximum atomic E-state index is 13.5. The first kappa shape index (κ1) is 25.2. The number of carbonyl (C=O) groups excluding carboxylic acids is 2. The number of rotatable bonds is 5. The molecule has 0 saturated heterocycles. The number of hydrogen-bond donors (Lipinski definition) is 1. The Balaban J connectivity index is 1.61. The second-order valence-electron chi connectivity index (χ2n) is 9.99. The first-order valence-electron chi connectivity index (χ1n) is 12.5. The summed E-state index contributed by atoms with van der Waals surface area (Å²) in [7, 11) is 3.50. The number of ether oxygens (including phenoxy) is 2. The third kappa shape index (κ3) is 6.41. The third-order valence-electron chi connectivity index (χ3n) is 7.02. The number of methoxy groups -OCH3 is 1. The molecule has 0 spiro atoms. The highest BCUT2D eigenvalue weighted by Gasteiger charge is 2.31. The van der Waals surface area contributed by atoms with Gasteiger partial charge in [-0.3, -0.25) is 14.5 Å². The summed E-state index contributed by atoms with van der Waals surface area (Å²) in [6.07, 6.45) is 1.74. The molecule has 4 rings (SSSR count). The van der Waals surface area contributed by atoms with Crippen LogP contribution in [0.4, 0.5) is 5.69 Å². The van der Waals surface area contributed by atoms with Crippen LogP contribution in [0.2, 0.25) is 0 Å². The van der Waals surface area contributed by atoms with E-state index in [1.165, 1.54) is 5.56 Å². The molecule has 2 amide bonds. The zero-order valence-corrected chi connectivity index (χ0v) is 21.2. The first-order valence-corrected chi connectivity index (χ1v) is 12.5. The van der Waals surface area contributed by atoms with Crippen LogP contribution in [0.15, 0.2) is 48.5 Å². The molecule has 1 saturated carbocycles. The van der Waals surface area contributed by atoms with Crippen LogP contribution in [-0.2, 0) is 16.1 Å². The molecule has 188 valence electrons. The largest absolute Gasteiger partial charge is 0.491 e. The van der Waals surface area contributed by atoms with Crippen molar-refractivity contribution < 1.29 is 19.1 Å². The molecule has 2 aromatic rings. The molecule has 3 atom stereocenters. The fourth-order valence-electron chi connectivity index (χ4n) is 4.56. The molecule has 2 aromatic carbocycles. The van der Waals surface area contributed by atoms with E-state index < -0.39 is 0 Å². The number of hydrogen-bond acceptors (Lipinski definition) is 5. The van der Waals surface area contributed by atoms with Crippen molar-refractivity contribution in [3.8, 4) is 5.75 Å². The maximum absolute atomic E-state index is 13.5. The highest BCUT2D eigenvalue weighted by molar-refractivity contribution is 6.00. The van der Waals surface area contributed by atoms with Gasteiger partial charge in [0.25, 0.3) is 5.91 Å². The Morgan fingerprint density at radius 3 is 2.54 bits per heavy atom. The second kappa shape index (κ2) is 11.2. The average Bonchev–Trinajstić information content (AvgIpc) is 3.71. The monoisotopic (exact) mass is 479 g/mol. The molecule has 1 aliphatic heterocycles. The van der Waals surface area contributed by atoms with Gasteiger partial charge in [0.1, 0.15) is 12.4 Å². The minimum atomic E-state index is -0.147. The number of fused-ring (bicyclic) bond motifs is 1. The van der Waals surface area contributed by atoms with Crippen LogP contribution in [0.25, 0.3) is 0 Å². The highest BCUT2D eigenvalue weighted by atomic mass is 16.5. The average molecular weight is 480 g/mol. The lowest BCUT2D eigenvalue weighted by Crippen LogP contribution is -2.46. The van der Waals surface area contributed by atoms with Crippen LogP contribution in [-0.4, -0.2) is 67.6 Å². The number of benzene rings is 2. The van der Waals surface area contributed by atoms with E-state index >= 15 is 0 Å². The van der Waals surface area contributed by atoms with Gasteiger partial charge in [-0.25, -0.2) is 0 Å². The Morgan fingerprint density at radius 2 is 1.86 bits per heavy atom. The highest BCUT2D eigenvalue weighted by Crippen LogP contribution is 2.31. The third-order valence-corrected chi connectivity index (χ3v) is 7.02. The number of nitrogens with zero attached hydrogens (tertiary/aromatic N) is 2. The standard InChI is InChI=1S/C28H37N3O4/c1-19-15-31(16-21-8-6-5-7-9-21)20(2)18-35-25-13-12-23(29-27(32)22-10-11-22)14-24(25)28(33)30(3)17-26(19)34-4/h5-9,12-14,19-20,22,26H,10-11,15-18H2,1-4H3,(H,29,32)/t19-,20-,26+/m0/s1. The first-order chi connectivity index (χ1) is 16.9. The lowest BCUT2D eigenvalue weighted by Gasteiger charge is -2.36. The predicted octanol–water partition coefficient (Wildman–Crippen LogP) is 4.04. The molecule has 0 aromatic heterocycles. The van der Waals surface area contributed by atoms with E-state index in [-0.39, 0.29) is 35.8 Å². The molecule has 1 fully saturated rings. The molecule has 1 heterocycles. The van der Waals surface area contributed by atoms with Crippen molar-refractivity contribution >= 4 is 17.5 Å². The fraction of sp³-hybridized carbons (Fsp3) is 0.500. The van der Waals surface area contributed by atoms with Crippen molar-refractivity contribution in [1.82, 2.24) is 9.80 Å². The van der Waals surface area contributed by atoms with Gasteiger partial charge in [-0.15, -0.1) is 0 Å². The van der Waals surface area contributed by atoms with Crippen molar-refractivity contribution in [3.63, 3.8) is 0 Å². The molecule has 35 heavy (non-hydrogen) atoms. The molecule has 0 bridgehead atoms. The van der Waals surface area contributed by atoms with Crippen LogP contribution < -0.4 is 10.1 Å². The van der Waals surface area contributed by atoms with Crippen LogP contribution >= 0.6 is 0 Å². The quantitative estimate of drug-likeness (QED) is 0.701. The SMILES string of the molecule is CO[C@@H]1CN(C)C(=O)c2cc(NC(=O)C3CC3)ccc2OC[C@H](C)N(Cc2ccccc2)C[C@@H]1C. The summed E-state index contributed by atoms with van der Waals surface area (Å²) in [6.45, 7) is 6.85. The zero-order valence-electron chi connectivity index (χ0n) is 21.2. The van der Waals surface area contributed by atoms with Crippen molar-refractivity contribution in [2.75, 3.05) is 39.2 Å². The van der Waals surface area contributed by atoms with E-state index in [0.29, 0.717) is 30.2 Å². The molecule has 0 unspecified atom stereocenters. The van der Waals surface area contributed by atoms with Gasteiger partial charge in [0.15, 0.2) is 0 Å². The van der Waals surface area contributed by atoms with Crippen molar-refractivity contribution in [2.45, 2.75) is 45.4 Å². The van der Waals surface area contributed by atoms with Gasteiger partial charge < -0.3 is 19.7 Å². The van der Waals surface area contributed by atoms with Gasteiger partial charge >= 0.3 is 0 Å². The Labute approximate surface area is 208 Å². The molecular weight excluding hydrogens is 442 g/mol. The van der Waals surface area contributed by atoms with Crippen LogP contribution in [0.3, 0.4) is 0 Å². The van der Waals surface area contributed by atoms with Gasteiger partial charge in [-0.2, -0.15) is 0 Å². The summed E-state index contributed by atoms with van der Waals surface area (Å²) in [4.78, 5) is 29.8. The predicted molar refractivity (Wildman–Crippen MR) is 137 cm³/mol. The molecule has 0 radical (unpaired) electrons. The van der Waals surface area contributed by atoms with Gasteiger partial charge in [0, 0.05) is 51.4 Å². The molecular formula is C28H37N3O4. The minimum absolute atomic E-state index is 0.0123. The summed E-state index contributed by atoms with van der Waals surface area (Å²) >= 11 is 0. The topological polar surface area (TPSA) is 71.1 Å². The molecule has 7 heteroatoms. The van der Waals surface area contributed by atoms with Gasteiger partial charge in [0.05, 0.1) is 11.7 Å². The van der Waals surface area contributed by atoms with E-state index in [4.69, 9.17) is 9.47 Å².